The summed E-state index contributed by atoms with van der Waals surface area (Å²) < 4.78 is 0. The van der Waals surface area contributed by atoms with Crippen molar-refractivity contribution in [3.63, 3.8) is 0 Å². The van der Waals surface area contributed by atoms with Gasteiger partial charge in [-0.05, 0) is 37.1 Å². The average Bonchev–Trinajstić information content (AvgIpc) is 2.98. The van der Waals surface area contributed by atoms with Crippen LogP contribution in [0.5, 0.6) is 0 Å². The van der Waals surface area contributed by atoms with E-state index in [0.29, 0.717) is 5.78 Å². The van der Waals surface area contributed by atoms with Gasteiger partial charge in [0, 0.05) is 24.7 Å². The molecule has 0 fully saturated rings. The standard InChI is InChI=1S/C23H27NO/c1-16(2)23(25)22(19-8-6-5-7-9-19)21-15-24(14-18(21)4)20-12-10-17(3)11-13-20/h5-13,16,22H,14-15H2,1-4H3. The van der Waals surface area contributed by atoms with Crippen LogP contribution in [0, 0.1) is 12.8 Å². The Morgan fingerprint density at radius 3 is 2.16 bits per heavy atom. The molecular formula is C23H27NO. The van der Waals surface area contributed by atoms with Gasteiger partial charge in [0.25, 0.3) is 0 Å². The molecule has 1 atom stereocenters. The Morgan fingerprint density at radius 1 is 0.920 bits per heavy atom. The van der Waals surface area contributed by atoms with Gasteiger partial charge in [-0.15, -0.1) is 0 Å². The summed E-state index contributed by atoms with van der Waals surface area (Å²) >= 11 is 0. The van der Waals surface area contributed by atoms with E-state index >= 15 is 0 Å². The van der Waals surface area contributed by atoms with Gasteiger partial charge in [-0.1, -0.05) is 67.4 Å². The fraction of sp³-hybridized carbons (Fsp3) is 0.348. The summed E-state index contributed by atoms with van der Waals surface area (Å²) in [5, 5.41) is 0. The lowest BCUT2D eigenvalue weighted by molar-refractivity contribution is -0.122. The zero-order chi connectivity index (χ0) is 18.0. The normalized spacial score (nSPS) is 15.8. The van der Waals surface area contributed by atoms with E-state index in [9.17, 15) is 4.79 Å². The molecule has 2 heteroatoms. The molecule has 0 saturated carbocycles. The number of carbonyl (C=O) groups is 1. The van der Waals surface area contributed by atoms with E-state index in [4.69, 9.17) is 0 Å². The lowest BCUT2D eigenvalue weighted by Crippen LogP contribution is -2.25. The first-order chi connectivity index (χ1) is 12.0. The zero-order valence-electron chi connectivity index (χ0n) is 15.6. The van der Waals surface area contributed by atoms with Gasteiger partial charge in [0.05, 0.1) is 5.92 Å². The van der Waals surface area contributed by atoms with Crippen molar-refractivity contribution in [2.24, 2.45) is 5.92 Å². The maximum Gasteiger partial charge on any atom is 0.146 e. The summed E-state index contributed by atoms with van der Waals surface area (Å²) in [6, 6.07) is 18.9. The largest absolute Gasteiger partial charge is 0.363 e. The van der Waals surface area contributed by atoms with E-state index in [0.717, 1.165) is 18.7 Å². The fourth-order valence-corrected chi connectivity index (χ4v) is 3.58. The number of benzene rings is 2. The second-order valence-corrected chi connectivity index (χ2v) is 7.40. The number of aryl methyl sites for hydroxylation is 1. The molecule has 2 aromatic rings. The maximum absolute atomic E-state index is 13.0. The topological polar surface area (TPSA) is 20.3 Å². The predicted molar refractivity (Wildman–Crippen MR) is 105 cm³/mol. The minimum Gasteiger partial charge on any atom is -0.363 e. The second kappa shape index (κ2) is 7.26. The Bertz CT molecular complexity index is 771. The SMILES string of the molecule is CC1=C(C(C(=O)C(C)C)c2ccccc2)CN(c2ccc(C)cc2)C1. The zero-order valence-corrected chi connectivity index (χ0v) is 15.6. The van der Waals surface area contributed by atoms with Gasteiger partial charge >= 0.3 is 0 Å². The van der Waals surface area contributed by atoms with Crippen LogP contribution in [0.1, 0.15) is 37.8 Å². The van der Waals surface area contributed by atoms with Crippen LogP contribution < -0.4 is 4.90 Å². The van der Waals surface area contributed by atoms with E-state index < -0.39 is 0 Å². The molecule has 1 heterocycles. The first-order valence-corrected chi connectivity index (χ1v) is 9.06. The summed E-state index contributed by atoms with van der Waals surface area (Å²) in [6.45, 7) is 10.0. The Kier molecular flexibility index (Phi) is 5.08. The molecule has 0 amide bonds. The van der Waals surface area contributed by atoms with Gasteiger partial charge in [0.2, 0.25) is 0 Å². The Balaban J connectivity index is 1.92. The van der Waals surface area contributed by atoms with Crippen molar-refractivity contribution >= 4 is 11.5 Å². The molecule has 0 bridgehead atoms. The Hall–Kier alpha value is -2.35. The van der Waals surface area contributed by atoms with Crippen LogP contribution in [0.2, 0.25) is 0 Å². The summed E-state index contributed by atoms with van der Waals surface area (Å²) in [7, 11) is 0. The van der Waals surface area contributed by atoms with Crippen molar-refractivity contribution in [2.45, 2.75) is 33.6 Å². The predicted octanol–water partition coefficient (Wildman–Crippen LogP) is 5.14. The Labute approximate surface area is 151 Å². The van der Waals surface area contributed by atoms with Gasteiger partial charge in [0.15, 0.2) is 0 Å². The van der Waals surface area contributed by atoms with Gasteiger partial charge < -0.3 is 4.90 Å². The second-order valence-electron chi connectivity index (χ2n) is 7.40. The van der Waals surface area contributed by atoms with Crippen LogP contribution in [-0.2, 0) is 4.79 Å². The molecule has 1 aliphatic heterocycles. The third-order valence-electron chi connectivity index (χ3n) is 5.07. The van der Waals surface area contributed by atoms with Crippen LogP contribution in [-0.4, -0.2) is 18.9 Å². The lowest BCUT2D eigenvalue weighted by Gasteiger charge is -2.23. The number of carbonyl (C=O) groups excluding carboxylic acids is 1. The molecule has 1 aliphatic rings. The van der Waals surface area contributed by atoms with Gasteiger partial charge in [-0.2, -0.15) is 0 Å². The summed E-state index contributed by atoms with van der Waals surface area (Å²) in [5.41, 5.74) is 6.20. The van der Waals surface area contributed by atoms with Crippen molar-refractivity contribution in [1.82, 2.24) is 0 Å². The molecule has 1 unspecified atom stereocenters. The monoisotopic (exact) mass is 333 g/mol. The van der Waals surface area contributed by atoms with E-state index in [1.165, 1.54) is 22.4 Å². The highest BCUT2D eigenvalue weighted by Gasteiger charge is 2.32. The molecule has 0 radical (unpaired) electrons. The van der Waals surface area contributed by atoms with Gasteiger partial charge in [-0.25, -0.2) is 0 Å². The highest BCUT2D eigenvalue weighted by atomic mass is 16.1. The van der Waals surface area contributed by atoms with E-state index in [2.05, 4.69) is 55.1 Å². The molecule has 0 N–H and O–H groups in total. The molecule has 25 heavy (non-hydrogen) atoms. The van der Waals surface area contributed by atoms with Crippen molar-refractivity contribution in [3.05, 3.63) is 76.9 Å². The first-order valence-electron chi connectivity index (χ1n) is 9.06. The number of ketones is 1. The highest BCUT2D eigenvalue weighted by Crippen LogP contribution is 2.36. The first kappa shape index (κ1) is 17.5. The number of hydrogen-bond acceptors (Lipinski definition) is 2. The Morgan fingerprint density at radius 2 is 1.56 bits per heavy atom. The molecule has 2 nitrogen and oxygen atoms in total. The minimum absolute atomic E-state index is 0.0268. The molecule has 0 aliphatic carbocycles. The number of anilines is 1. The van der Waals surface area contributed by atoms with Crippen LogP contribution in [0.3, 0.4) is 0 Å². The molecular weight excluding hydrogens is 306 g/mol. The van der Waals surface area contributed by atoms with Crippen molar-refractivity contribution < 1.29 is 4.79 Å². The summed E-state index contributed by atoms with van der Waals surface area (Å²) in [5.74, 6) is 0.210. The smallest absolute Gasteiger partial charge is 0.146 e. The third kappa shape index (κ3) is 3.68. The lowest BCUT2D eigenvalue weighted by atomic mass is 9.82. The van der Waals surface area contributed by atoms with Gasteiger partial charge in [-0.3, -0.25) is 4.79 Å². The highest BCUT2D eigenvalue weighted by molar-refractivity contribution is 5.91. The van der Waals surface area contributed by atoms with E-state index in [1.807, 2.05) is 32.0 Å². The minimum atomic E-state index is -0.128. The van der Waals surface area contributed by atoms with Crippen molar-refractivity contribution in [3.8, 4) is 0 Å². The molecule has 0 spiro atoms. The summed E-state index contributed by atoms with van der Waals surface area (Å²) in [6.07, 6.45) is 0. The average molecular weight is 333 g/mol. The quantitative estimate of drug-likeness (QED) is 0.706. The molecule has 0 saturated heterocycles. The van der Waals surface area contributed by atoms with Crippen LogP contribution in [0.15, 0.2) is 65.7 Å². The van der Waals surface area contributed by atoms with Crippen molar-refractivity contribution in [2.75, 3.05) is 18.0 Å². The van der Waals surface area contributed by atoms with Crippen LogP contribution in [0.4, 0.5) is 5.69 Å². The number of nitrogens with zero attached hydrogens (tertiary/aromatic N) is 1. The summed E-state index contributed by atoms with van der Waals surface area (Å²) in [4.78, 5) is 15.4. The third-order valence-corrected chi connectivity index (χ3v) is 5.07. The van der Waals surface area contributed by atoms with E-state index in [-0.39, 0.29) is 11.8 Å². The van der Waals surface area contributed by atoms with Crippen LogP contribution >= 0.6 is 0 Å². The van der Waals surface area contributed by atoms with Gasteiger partial charge in [0.1, 0.15) is 5.78 Å². The molecule has 2 aromatic carbocycles. The van der Waals surface area contributed by atoms with E-state index in [1.54, 1.807) is 0 Å². The maximum atomic E-state index is 13.0. The van der Waals surface area contributed by atoms with Crippen molar-refractivity contribution in [1.29, 1.82) is 0 Å². The number of rotatable bonds is 5. The molecule has 130 valence electrons. The molecule has 3 rings (SSSR count). The van der Waals surface area contributed by atoms with Crippen LogP contribution in [0.25, 0.3) is 0 Å². The number of hydrogen-bond donors (Lipinski definition) is 0. The number of Topliss-reactive ketones (excluding diaryl/α,β-unsaturated/α-hetero) is 1. The molecule has 0 aromatic heterocycles. The fourth-order valence-electron chi connectivity index (χ4n) is 3.58.